The molecule has 0 spiro atoms. The second kappa shape index (κ2) is 2.68. The van der Waals surface area contributed by atoms with Crippen molar-refractivity contribution >= 4 is 5.71 Å². The maximum absolute atomic E-state index is 5.28. The predicted molar refractivity (Wildman–Crippen MR) is 44.5 cm³/mol. The summed E-state index contributed by atoms with van der Waals surface area (Å²) in [5.74, 6) is 0.603. The van der Waals surface area contributed by atoms with Crippen molar-refractivity contribution in [3.8, 4) is 0 Å². The molecule has 0 amide bonds. The fraction of sp³-hybridized carbons (Fsp3) is 0.667. The van der Waals surface area contributed by atoms with Gasteiger partial charge < -0.3 is 4.84 Å². The molecular formula is C9H13NO. The Labute approximate surface area is 66.9 Å². The fourth-order valence-corrected chi connectivity index (χ4v) is 1.91. The van der Waals surface area contributed by atoms with Crippen LogP contribution in [0.1, 0.15) is 26.2 Å². The summed E-state index contributed by atoms with van der Waals surface area (Å²) in [6, 6.07) is 0. The van der Waals surface area contributed by atoms with E-state index < -0.39 is 0 Å². The number of oxime groups is 1. The summed E-state index contributed by atoms with van der Waals surface area (Å²) in [5.41, 5.74) is 1.15. The van der Waals surface area contributed by atoms with Crippen LogP contribution >= 0.6 is 0 Å². The first kappa shape index (κ1) is 6.89. The lowest BCUT2D eigenvalue weighted by molar-refractivity contribution is 0.0746. The van der Waals surface area contributed by atoms with Crippen molar-refractivity contribution in [2.24, 2.45) is 11.1 Å². The first-order valence-electron chi connectivity index (χ1n) is 4.28. The van der Waals surface area contributed by atoms with Gasteiger partial charge >= 0.3 is 0 Å². The molecule has 2 atom stereocenters. The van der Waals surface area contributed by atoms with Crippen LogP contribution in [0.25, 0.3) is 0 Å². The molecule has 0 N–H and O–H groups in total. The molecule has 2 rings (SSSR count). The molecule has 1 fully saturated rings. The highest BCUT2D eigenvalue weighted by Crippen LogP contribution is 2.34. The molecule has 0 bridgehead atoms. The Balaban J connectivity index is 2.11. The van der Waals surface area contributed by atoms with Crippen molar-refractivity contribution in [3.63, 3.8) is 0 Å². The van der Waals surface area contributed by atoms with Gasteiger partial charge in [-0.05, 0) is 32.3 Å². The minimum absolute atomic E-state index is 0.404. The van der Waals surface area contributed by atoms with Gasteiger partial charge in [0.25, 0.3) is 0 Å². The Kier molecular flexibility index (Phi) is 1.68. The van der Waals surface area contributed by atoms with E-state index in [4.69, 9.17) is 4.84 Å². The van der Waals surface area contributed by atoms with E-state index in [0.29, 0.717) is 12.0 Å². The summed E-state index contributed by atoms with van der Waals surface area (Å²) in [5, 5.41) is 4.04. The van der Waals surface area contributed by atoms with E-state index in [1.54, 1.807) is 0 Å². The van der Waals surface area contributed by atoms with Crippen LogP contribution in [0.3, 0.4) is 0 Å². The van der Waals surface area contributed by atoms with Gasteiger partial charge in [-0.3, -0.25) is 0 Å². The average molecular weight is 151 g/mol. The molecule has 2 nitrogen and oxygen atoms in total. The summed E-state index contributed by atoms with van der Waals surface area (Å²) >= 11 is 0. The summed E-state index contributed by atoms with van der Waals surface area (Å²) in [6.45, 7) is 2.02. The Hall–Kier alpha value is -0.790. The van der Waals surface area contributed by atoms with Gasteiger partial charge in [0.15, 0.2) is 0 Å². The monoisotopic (exact) mass is 151 g/mol. The van der Waals surface area contributed by atoms with E-state index in [-0.39, 0.29) is 0 Å². The molecule has 0 aromatic rings. The molecule has 0 aromatic carbocycles. The van der Waals surface area contributed by atoms with Crippen LogP contribution in [0.4, 0.5) is 0 Å². The third-order valence-corrected chi connectivity index (χ3v) is 2.46. The number of allylic oxidation sites excluding steroid dienone is 2. The molecular weight excluding hydrogens is 138 g/mol. The van der Waals surface area contributed by atoms with Crippen LogP contribution in [-0.4, -0.2) is 11.8 Å². The summed E-state index contributed by atoms with van der Waals surface area (Å²) in [4.78, 5) is 5.28. The van der Waals surface area contributed by atoms with E-state index in [1.807, 2.05) is 13.0 Å². The van der Waals surface area contributed by atoms with Crippen molar-refractivity contribution in [2.45, 2.75) is 32.3 Å². The predicted octanol–water partition coefficient (Wildman–Crippen LogP) is 2.12. The van der Waals surface area contributed by atoms with Gasteiger partial charge in [0.2, 0.25) is 0 Å². The Bertz CT molecular complexity index is 208. The molecule has 1 aliphatic carbocycles. The highest BCUT2D eigenvalue weighted by Gasteiger charge is 2.36. The van der Waals surface area contributed by atoms with Crippen molar-refractivity contribution in [2.75, 3.05) is 0 Å². The third kappa shape index (κ3) is 1.06. The fourth-order valence-electron chi connectivity index (χ4n) is 1.91. The third-order valence-electron chi connectivity index (χ3n) is 2.46. The van der Waals surface area contributed by atoms with Gasteiger partial charge in [-0.15, -0.1) is 0 Å². The van der Waals surface area contributed by atoms with Crippen LogP contribution in [0.15, 0.2) is 17.3 Å². The van der Waals surface area contributed by atoms with Crippen LogP contribution in [-0.2, 0) is 4.84 Å². The Morgan fingerprint density at radius 1 is 1.55 bits per heavy atom. The minimum Gasteiger partial charge on any atom is -0.392 e. The second-order valence-corrected chi connectivity index (χ2v) is 3.20. The first-order valence-corrected chi connectivity index (χ1v) is 4.28. The largest absolute Gasteiger partial charge is 0.392 e. The molecule has 0 unspecified atom stereocenters. The van der Waals surface area contributed by atoms with Crippen molar-refractivity contribution < 1.29 is 4.84 Å². The Morgan fingerprint density at radius 3 is 3.27 bits per heavy atom. The standard InChI is InChI=1S/C9H13NO/c1-2-4-8-7-5-3-6-9(7)11-10-8/h2,4,7,9H,3,5-6H2,1H3/b4-2+/t7-,9+/m1/s1. The van der Waals surface area contributed by atoms with E-state index in [2.05, 4.69) is 11.2 Å². The normalized spacial score (nSPS) is 35.5. The summed E-state index contributed by atoms with van der Waals surface area (Å²) < 4.78 is 0. The first-order chi connectivity index (χ1) is 5.42. The van der Waals surface area contributed by atoms with E-state index in [1.165, 1.54) is 19.3 Å². The smallest absolute Gasteiger partial charge is 0.136 e. The van der Waals surface area contributed by atoms with E-state index >= 15 is 0 Å². The number of hydrogen-bond donors (Lipinski definition) is 0. The zero-order chi connectivity index (χ0) is 7.68. The molecule has 1 aliphatic heterocycles. The quantitative estimate of drug-likeness (QED) is 0.562. The summed E-state index contributed by atoms with van der Waals surface area (Å²) in [7, 11) is 0. The highest BCUT2D eigenvalue weighted by atomic mass is 16.6. The maximum atomic E-state index is 5.28. The van der Waals surface area contributed by atoms with Gasteiger partial charge in [-0.2, -0.15) is 0 Å². The van der Waals surface area contributed by atoms with Crippen LogP contribution < -0.4 is 0 Å². The lowest BCUT2D eigenvalue weighted by atomic mass is 10.0. The molecule has 1 heterocycles. The van der Waals surface area contributed by atoms with Crippen molar-refractivity contribution in [1.82, 2.24) is 0 Å². The lowest BCUT2D eigenvalue weighted by Gasteiger charge is -2.04. The van der Waals surface area contributed by atoms with Crippen LogP contribution in [0.5, 0.6) is 0 Å². The Morgan fingerprint density at radius 2 is 2.45 bits per heavy atom. The molecule has 2 aliphatic rings. The topological polar surface area (TPSA) is 21.6 Å². The number of rotatable bonds is 1. The van der Waals surface area contributed by atoms with Crippen LogP contribution in [0.2, 0.25) is 0 Å². The van der Waals surface area contributed by atoms with Crippen LogP contribution in [0, 0.1) is 5.92 Å². The number of fused-ring (bicyclic) bond motifs is 1. The zero-order valence-corrected chi connectivity index (χ0v) is 6.79. The summed E-state index contributed by atoms with van der Waals surface area (Å²) in [6.07, 6.45) is 8.25. The zero-order valence-electron chi connectivity index (χ0n) is 6.79. The van der Waals surface area contributed by atoms with Crippen molar-refractivity contribution in [1.29, 1.82) is 0 Å². The molecule has 0 saturated heterocycles. The SMILES string of the molecule is C/C=C/C1=NO[C@H]2CCC[C@H]12. The molecule has 1 saturated carbocycles. The number of nitrogens with zero attached hydrogens (tertiary/aromatic N) is 1. The molecule has 0 radical (unpaired) electrons. The highest BCUT2D eigenvalue weighted by molar-refractivity contribution is 5.97. The lowest BCUT2D eigenvalue weighted by Crippen LogP contribution is -2.14. The van der Waals surface area contributed by atoms with Gasteiger partial charge in [0.1, 0.15) is 6.10 Å². The minimum atomic E-state index is 0.404. The van der Waals surface area contributed by atoms with E-state index in [0.717, 1.165) is 5.71 Å². The van der Waals surface area contributed by atoms with Gasteiger partial charge in [0, 0.05) is 5.92 Å². The average Bonchev–Trinajstić information content (AvgIpc) is 2.53. The van der Waals surface area contributed by atoms with Gasteiger partial charge in [0.05, 0.1) is 5.71 Å². The number of hydrogen-bond acceptors (Lipinski definition) is 2. The van der Waals surface area contributed by atoms with Crippen molar-refractivity contribution in [3.05, 3.63) is 12.2 Å². The molecule has 60 valence electrons. The van der Waals surface area contributed by atoms with Gasteiger partial charge in [-0.25, -0.2) is 0 Å². The molecule has 0 aromatic heterocycles. The van der Waals surface area contributed by atoms with E-state index in [9.17, 15) is 0 Å². The second-order valence-electron chi connectivity index (χ2n) is 3.20. The van der Waals surface area contributed by atoms with Gasteiger partial charge in [-0.1, -0.05) is 11.2 Å². The maximum Gasteiger partial charge on any atom is 0.136 e. The molecule has 11 heavy (non-hydrogen) atoms. The molecule has 2 heteroatoms.